The number of pyridine rings is 1. The quantitative estimate of drug-likeness (QED) is 0.444. The minimum absolute atomic E-state index is 0.0188. The lowest BCUT2D eigenvalue weighted by Crippen LogP contribution is -2.16. The molecule has 0 aliphatic carbocycles. The number of hydrogen-bond acceptors (Lipinski definition) is 7. The third-order valence-electron chi connectivity index (χ3n) is 4.32. The monoisotopic (exact) mass is 454 g/mol. The molecule has 1 N–H and O–H groups in total. The van der Waals surface area contributed by atoms with Gasteiger partial charge in [-0.3, -0.25) is 14.5 Å². The molecule has 156 valence electrons. The molecule has 0 saturated carbocycles. The molecule has 2 heterocycles. The van der Waals surface area contributed by atoms with Crippen molar-refractivity contribution in [2.75, 3.05) is 4.72 Å². The van der Waals surface area contributed by atoms with Crippen molar-refractivity contribution in [2.45, 2.75) is 4.90 Å². The Balaban J connectivity index is 1.70. The van der Waals surface area contributed by atoms with Crippen LogP contribution in [-0.2, 0) is 17.1 Å². The maximum atomic E-state index is 13.1. The predicted octanol–water partition coefficient (Wildman–Crippen LogP) is 2.96. The van der Waals surface area contributed by atoms with Crippen LogP contribution in [-0.4, -0.2) is 39.4 Å². The Hall–Kier alpha value is -3.63. The summed E-state index contributed by atoms with van der Waals surface area (Å²) >= 11 is 6.06. The average molecular weight is 455 g/mol. The first-order valence-electron chi connectivity index (χ1n) is 8.95. The average Bonchev–Trinajstić information content (AvgIpc) is 3.21. The highest BCUT2D eigenvalue weighted by Gasteiger charge is 2.21. The van der Waals surface area contributed by atoms with E-state index < -0.39 is 10.0 Å². The Morgan fingerprint density at radius 1 is 1.06 bits per heavy atom. The van der Waals surface area contributed by atoms with Gasteiger partial charge in [-0.15, -0.1) is 10.2 Å². The van der Waals surface area contributed by atoms with Gasteiger partial charge in [0.2, 0.25) is 5.82 Å². The van der Waals surface area contributed by atoms with Crippen LogP contribution < -0.4 is 4.72 Å². The van der Waals surface area contributed by atoms with Crippen LogP contribution in [0.3, 0.4) is 0 Å². The summed E-state index contributed by atoms with van der Waals surface area (Å²) in [4.78, 5) is 18.1. The van der Waals surface area contributed by atoms with E-state index in [0.29, 0.717) is 22.0 Å². The minimum atomic E-state index is -4.03. The Bertz CT molecular complexity index is 1370. The summed E-state index contributed by atoms with van der Waals surface area (Å²) in [6, 6.07) is 13.6. The molecule has 0 atom stereocenters. The Morgan fingerprint density at radius 3 is 2.55 bits per heavy atom. The molecule has 0 amide bonds. The van der Waals surface area contributed by atoms with E-state index in [1.807, 2.05) is 0 Å². The van der Waals surface area contributed by atoms with E-state index in [4.69, 9.17) is 11.6 Å². The number of rotatable bonds is 6. The lowest BCUT2D eigenvalue weighted by molar-refractivity contribution is 0.103. The van der Waals surface area contributed by atoms with E-state index in [1.54, 1.807) is 31.3 Å². The van der Waals surface area contributed by atoms with Crippen LogP contribution >= 0.6 is 11.6 Å². The number of benzene rings is 2. The van der Waals surface area contributed by atoms with E-state index >= 15 is 0 Å². The smallest absolute Gasteiger partial charge is 0.261 e. The molecule has 0 saturated heterocycles. The van der Waals surface area contributed by atoms with Gasteiger partial charge in [0.1, 0.15) is 0 Å². The summed E-state index contributed by atoms with van der Waals surface area (Å²) in [6.07, 6.45) is 2.96. The molecule has 0 spiro atoms. The molecule has 9 nitrogen and oxygen atoms in total. The number of ketones is 1. The van der Waals surface area contributed by atoms with Crippen LogP contribution in [0.2, 0.25) is 5.02 Å². The normalized spacial score (nSPS) is 11.3. The van der Waals surface area contributed by atoms with Gasteiger partial charge in [0.15, 0.2) is 5.78 Å². The Kier molecular flexibility index (Phi) is 5.49. The number of carbonyl (C=O) groups excluding carboxylic acids is 1. The molecular weight excluding hydrogens is 440 g/mol. The SMILES string of the molecule is Cn1nnc(-c2cccc(S(=O)(=O)Nc3ccc(Cl)cc3C(=O)c3ccncc3)c2)n1. The number of hydrogen-bond donors (Lipinski definition) is 1. The summed E-state index contributed by atoms with van der Waals surface area (Å²) in [5.74, 6) is -0.0975. The van der Waals surface area contributed by atoms with Gasteiger partial charge in [-0.1, -0.05) is 23.7 Å². The molecule has 2 aromatic heterocycles. The highest BCUT2D eigenvalue weighted by atomic mass is 35.5. The fourth-order valence-corrected chi connectivity index (χ4v) is 4.16. The molecule has 0 unspecified atom stereocenters. The van der Waals surface area contributed by atoms with E-state index in [2.05, 4.69) is 25.1 Å². The van der Waals surface area contributed by atoms with Crippen LogP contribution in [0.1, 0.15) is 15.9 Å². The first kappa shape index (κ1) is 20.6. The third kappa shape index (κ3) is 4.44. The number of aryl methyl sites for hydroxylation is 1. The molecule has 4 rings (SSSR count). The van der Waals surface area contributed by atoms with Crippen molar-refractivity contribution in [3.8, 4) is 11.4 Å². The second-order valence-electron chi connectivity index (χ2n) is 6.49. The first-order chi connectivity index (χ1) is 14.8. The zero-order valence-corrected chi connectivity index (χ0v) is 17.7. The molecule has 0 radical (unpaired) electrons. The topological polar surface area (TPSA) is 120 Å². The Morgan fingerprint density at radius 2 is 1.84 bits per heavy atom. The van der Waals surface area contributed by atoms with Crippen LogP contribution in [0, 0.1) is 0 Å². The Labute approximate surface area is 182 Å². The summed E-state index contributed by atoms with van der Waals surface area (Å²) in [5, 5.41) is 12.0. The summed E-state index contributed by atoms with van der Waals surface area (Å²) in [5.41, 5.74) is 1.07. The molecule has 0 fully saturated rings. The fourth-order valence-electron chi connectivity index (χ4n) is 2.86. The van der Waals surface area contributed by atoms with E-state index in [1.165, 1.54) is 47.5 Å². The number of carbonyl (C=O) groups is 1. The summed E-state index contributed by atoms with van der Waals surface area (Å²) in [6.45, 7) is 0. The molecule has 4 aromatic rings. The second kappa shape index (κ2) is 8.25. The zero-order valence-electron chi connectivity index (χ0n) is 16.1. The van der Waals surface area contributed by atoms with Crippen molar-refractivity contribution >= 4 is 33.1 Å². The summed E-state index contributed by atoms with van der Waals surface area (Å²) < 4.78 is 28.6. The predicted molar refractivity (Wildman–Crippen MR) is 114 cm³/mol. The van der Waals surface area contributed by atoms with Gasteiger partial charge in [0.25, 0.3) is 10.0 Å². The van der Waals surface area contributed by atoms with Gasteiger partial charge in [-0.05, 0) is 47.7 Å². The maximum absolute atomic E-state index is 13.1. The molecule has 11 heteroatoms. The van der Waals surface area contributed by atoms with Crippen LogP contribution in [0.15, 0.2) is 71.9 Å². The highest BCUT2D eigenvalue weighted by Crippen LogP contribution is 2.27. The standard InChI is InChI=1S/C20H15ClN6O3S/c1-27-24-20(23-26-27)14-3-2-4-16(11-14)31(29,30)25-18-6-5-15(21)12-17(18)19(28)13-7-9-22-10-8-13/h2-12,25H,1H3. The van der Waals surface area contributed by atoms with Gasteiger partial charge in [-0.25, -0.2) is 8.42 Å². The number of nitrogens with zero attached hydrogens (tertiary/aromatic N) is 5. The molecular formula is C20H15ClN6O3S. The number of anilines is 1. The number of tetrazole rings is 1. The molecule has 0 aliphatic rings. The molecule has 2 aromatic carbocycles. The molecule has 31 heavy (non-hydrogen) atoms. The van der Waals surface area contributed by atoms with Crippen molar-refractivity contribution in [1.82, 2.24) is 25.2 Å². The second-order valence-corrected chi connectivity index (χ2v) is 8.61. The van der Waals surface area contributed by atoms with Gasteiger partial charge < -0.3 is 0 Å². The van der Waals surface area contributed by atoms with Crippen LogP contribution in [0.4, 0.5) is 5.69 Å². The first-order valence-corrected chi connectivity index (χ1v) is 10.8. The number of aromatic nitrogens is 5. The molecule has 0 aliphatic heterocycles. The van der Waals surface area contributed by atoms with Gasteiger partial charge in [0, 0.05) is 34.1 Å². The number of nitrogens with one attached hydrogen (secondary N) is 1. The van der Waals surface area contributed by atoms with Crippen LogP contribution in [0.25, 0.3) is 11.4 Å². The van der Waals surface area contributed by atoms with E-state index in [-0.39, 0.29) is 21.9 Å². The third-order valence-corrected chi connectivity index (χ3v) is 5.92. The van der Waals surface area contributed by atoms with Crippen molar-refractivity contribution in [3.63, 3.8) is 0 Å². The largest absolute Gasteiger partial charge is 0.289 e. The lowest BCUT2D eigenvalue weighted by atomic mass is 10.0. The summed E-state index contributed by atoms with van der Waals surface area (Å²) in [7, 11) is -2.42. The minimum Gasteiger partial charge on any atom is -0.289 e. The van der Waals surface area contributed by atoms with Gasteiger partial charge in [-0.2, -0.15) is 4.80 Å². The lowest BCUT2D eigenvalue weighted by Gasteiger charge is -2.13. The van der Waals surface area contributed by atoms with E-state index in [0.717, 1.165) is 0 Å². The number of halogens is 1. The van der Waals surface area contributed by atoms with Gasteiger partial charge >= 0.3 is 0 Å². The number of sulfonamides is 1. The maximum Gasteiger partial charge on any atom is 0.261 e. The van der Waals surface area contributed by atoms with Crippen LogP contribution in [0.5, 0.6) is 0 Å². The molecule has 0 bridgehead atoms. The van der Waals surface area contributed by atoms with Crippen molar-refractivity contribution < 1.29 is 13.2 Å². The van der Waals surface area contributed by atoms with E-state index in [9.17, 15) is 13.2 Å². The highest BCUT2D eigenvalue weighted by molar-refractivity contribution is 7.92. The zero-order chi connectivity index (χ0) is 22.0. The fraction of sp³-hybridized carbons (Fsp3) is 0.0500. The van der Waals surface area contributed by atoms with Crippen molar-refractivity contribution in [1.29, 1.82) is 0 Å². The van der Waals surface area contributed by atoms with Crippen molar-refractivity contribution in [3.05, 3.63) is 83.1 Å². The van der Waals surface area contributed by atoms with Gasteiger partial charge in [0.05, 0.1) is 17.6 Å². The van der Waals surface area contributed by atoms with Crippen molar-refractivity contribution in [2.24, 2.45) is 7.05 Å².